The highest BCUT2D eigenvalue weighted by Gasteiger charge is 2.28. The van der Waals surface area contributed by atoms with E-state index in [4.69, 9.17) is 5.11 Å². The van der Waals surface area contributed by atoms with E-state index in [2.05, 4.69) is 26.8 Å². The molecular weight excluding hydrogens is 268 g/mol. The average Bonchev–Trinajstić information content (AvgIpc) is 2.37. The molecule has 21 heavy (non-hydrogen) atoms. The minimum absolute atomic E-state index is 0.0174. The number of nitrogens with zero attached hydrogens (tertiary/aromatic N) is 2. The molecule has 0 aromatic rings. The van der Waals surface area contributed by atoms with Crippen LogP contribution in [-0.2, 0) is 4.79 Å². The fourth-order valence-electron chi connectivity index (χ4n) is 2.70. The zero-order valence-electron chi connectivity index (χ0n) is 13.8. The Kier molecular flexibility index (Phi) is 5.81. The fourth-order valence-corrected chi connectivity index (χ4v) is 2.70. The molecule has 120 valence electrons. The van der Waals surface area contributed by atoms with Gasteiger partial charge in [0.2, 0.25) is 0 Å². The van der Waals surface area contributed by atoms with E-state index < -0.39 is 5.97 Å². The van der Waals surface area contributed by atoms with Crippen LogP contribution in [0.2, 0.25) is 0 Å². The van der Waals surface area contributed by atoms with Gasteiger partial charge in [0.1, 0.15) is 0 Å². The topological polar surface area (TPSA) is 60.9 Å². The Balaban J connectivity index is 2.71. The number of carboxylic acid groups (broad SMARTS) is 1. The quantitative estimate of drug-likeness (QED) is 0.811. The molecule has 1 aliphatic rings. The van der Waals surface area contributed by atoms with Crippen LogP contribution in [0.1, 0.15) is 47.5 Å². The summed E-state index contributed by atoms with van der Waals surface area (Å²) in [5.74, 6) is -0.873. The van der Waals surface area contributed by atoms with Crippen LogP contribution in [-0.4, -0.2) is 52.6 Å². The molecule has 0 saturated heterocycles. The van der Waals surface area contributed by atoms with Crippen LogP contribution in [0.4, 0.5) is 4.79 Å². The number of urea groups is 1. The first-order chi connectivity index (χ1) is 9.66. The number of carboxylic acids is 1. The van der Waals surface area contributed by atoms with E-state index in [9.17, 15) is 9.59 Å². The van der Waals surface area contributed by atoms with E-state index in [1.807, 2.05) is 6.92 Å². The lowest BCUT2D eigenvalue weighted by atomic mass is 9.83. The minimum atomic E-state index is -0.873. The molecule has 5 nitrogen and oxygen atoms in total. The van der Waals surface area contributed by atoms with Crippen molar-refractivity contribution in [1.29, 1.82) is 0 Å². The number of carbonyl (C=O) groups excluding carboxylic acids is 1. The second-order valence-corrected chi connectivity index (χ2v) is 6.69. The fraction of sp³-hybridized carbons (Fsp3) is 0.750. The van der Waals surface area contributed by atoms with E-state index in [1.165, 1.54) is 5.57 Å². The molecule has 1 N–H and O–H groups in total. The van der Waals surface area contributed by atoms with E-state index in [0.29, 0.717) is 19.6 Å². The second-order valence-electron chi connectivity index (χ2n) is 6.69. The van der Waals surface area contributed by atoms with Gasteiger partial charge in [-0.25, -0.2) is 4.79 Å². The van der Waals surface area contributed by atoms with Crippen LogP contribution in [0.25, 0.3) is 0 Å². The molecule has 0 aromatic carbocycles. The number of aliphatic carboxylic acids is 1. The molecule has 0 spiro atoms. The number of hydrogen-bond acceptors (Lipinski definition) is 2. The molecular formula is C16H28N2O3. The van der Waals surface area contributed by atoms with Crippen molar-refractivity contribution < 1.29 is 14.7 Å². The Morgan fingerprint density at radius 2 is 2.05 bits per heavy atom. The normalized spacial score (nSPS) is 17.2. The molecule has 0 bridgehead atoms. The highest BCUT2D eigenvalue weighted by Crippen LogP contribution is 2.30. The van der Waals surface area contributed by atoms with E-state index >= 15 is 0 Å². The zero-order valence-corrected chi connectivity index (χ0v) is 13.8. The second kappa shape index (κ2) is 6.96. The van der Waals surface area contributed by atoms with Crippen molar-refractivity contribution in [3.8, 4) is 0 Å². The van der Waals surface area contributed by atoms with Crippen LogP contribution < -0.4 is 0 Å². The number of carbonyl (C=O) groups is 2. The standard InChI is InChI=1S/C16H28N2O3/c1-6-18(12(2)11-14(19)20)15(21)17-9-7-13(8-10-17)16(3,4)5/h7,12H,6,8-11H2,1-5H3,(H,19,20). The van der Waals surface area contributed by atoms with Crippen molar-refractivity contribution in [2.75, 3.05) is 19.6 Å². The Bertz CT molecular complexity index is 424. The van der Waals surface area contributed by atoms with Gasteiger partial charge in [0.05, 0.1) is 6.42 Å². The first-order valence-electron chi connectivity index (χ1n) is 7.63. The smallest absolute Gasteiger partial charge is 0.320 e. The molecule has 0 aliphatic carbocycles. The molecule has 1 rings (SSSR count). The summed E-state index contributed by atoms with van der Waals surface area (Å²) in [5.41, 5.74) is 1.53. The van der Waals surface area contributed by atoms with Gasteiger partial charge in [0, 0.05) is 25.7 Å². The Labute approximate surface area is 127 Å². The van der Waals surface area contributed by atoms with Crippen molar-refractivity contribution in [2.45, 2.75) is 53.5 Å². The Morgan fingerprint density at radius 1 is 1.43 bits per heavy atom. The van der Waals surface area contributed by atoms with Gasteiger partial charge in [-0.05, 0) is 25.7 Å². The summed E-state index contributed by atoms with van der Waals surface area (Å²) in [6.07, 6.45) is 3.01. The summed E-state index contributed by atoms with van der Waals surface area (Å²) in [4.78, 5) is 26.8. The molecule has 5 heteroatoms. The van der Waals surface area contributed by atoms with Crippen molar-refractivity contribution in [2.24, 2.45) is 5.41 Å². The maximum Gasteiger partial charge on any atom is 0.320 e. The molecule has 1 heterocycles. The molecule has 1 aliphatic heterocycles. The molecule has 0 radical (unpaired) electrons. The van der Waals surface area contributed by atoms with Crippen molar-refractivity contribution in [1.82, 2.24) is 9.80 Å². The lowest BCUT2D eigenvalue weighted by molar-refractivity contribution is -0.138. The van der Waals surface area contributed by atoms with Gasteiger partial charge in [0.15, 0.2) is 0 Å². The lowest BCUT2D eigenvalue weighted by Crippen LogP contribution is -2.49. The van der Waals surface area contributed by atoms with E-state index in [0.717, 1.165) is 6.42 Å². The van der Waals surface area contributed by atoms with Gasteiger partial charge < -0.3 is 14.9 Å². The van der Waals surface area contributed by atoms with Crippen LogP contribution in [0.5, 0.6) is 0 Å². The molecule has 1 atom stereocenters. The molecule has 1 unspecified atom stereocenters. The number of rotatable bonds is 4. The largest absolute Gasteiger partial charge is 0.481 e. The summed E-state index contributed by atoms with van der Waals surface area (Å²) in [6, 6.07) is -0.344. The van der Waals surface area contributed by atoms with Crippen molar-refractivity contribution >= 4 is 12.0 Å². The van der Waals surface area contributed by atoms with Gasteiger partial charge in [-0.2, -0.15) is 0 Å². The maximum atomic E-state index is 12.5. The zero-order chi connectivity index (χ0) is 16.2. The van der Waals surface area contributed by atoms with Crippen LogP contribution in [0.15, 0.2) is 11.6 Å². The monoisotopic (exact) mass is 296 g/mol. The highest BCUT2D eigenvalue weighted by molar-refractivity contribution is 5.76. The van der Waals surface area contributed by atoms with E-state index in [-0.39, 0.29) is 23.9 Å². The molecule has 2 amide bonds. The van der Waals surface area contributed by atoms with Gasteiger partial charge in [-0.15, -0.1) is 0 Å². The first kappa shape index (κ1) is 17.5. The lowest BCUT2D eigenvalue weighted by Gasteiger charge is -2.37. The van der Waals surface area contributed by atoms with Gasteiger partial charge in [-0.1, -0.05) is 32.4 Å². The van der Waals surface area contributed by atoms with Crippen molar-refractivity contribution in [3.05, 3.63) is 11.6 Å². The average molecular weight is 296 g/mol. The van der Waals surface area contributed by atoms with Crippen LogP contribution in [0, 0.1) is 5.41 Å². The van der Waals surface area contributed by atoms with Crippen LogP contribution in [0.3, 0.4) is 0 Å². The van der Waals surface area contributed by atoms with Gasteiger partial charge in [0.25, 0.3) is 0 Å². The molecule has 0 fully saturated rings. The summed E-state index contributed by atoms with van der Waals surface area (Å²) in [7, 11) is 0. The Hall–Kier alpha value is -1.52. The van der Waals surface area contributed by atoms with Crippen LogP contribution >= 0.6 is 0 Å². The predicted molar refractivity (Wildman–Crippen MR) is 83.2 cm³/mol. The van der Waals surface area contributed by atoms with Gasteiger partial charge in [-0.3, -0.25) is 4.79 Å². The summed E-state index contributed by atoms with van der Waals surface area (Å²) < 4.78 is 0. The minimum Gasteiger partial charge on any atom is -0.481 e. The third-order valence-corrected chi connectivity index (χ3v) is 4.03. The van der Waals surface area contributed by atoms with Gasteiger partial charge >= 0.3 is 12.0 Å². The van der Waals surface area contributed by atoms with Crippen molar-refractivity contribution in [3.63, 3.8) is 0 Å². The maximum absolute atomic E-state index is 12.5. The molecule has 0 aromatic heterocycles. The third kappa shape index (κ3) is 4.76. The number of amides is 2. The summed E-state index contributed by atoms with van der Waals surface area (Å²) >= 11 is 0. The summed E-state index contributed by atoms with van der Waals surface area (Å²) in [5, 5.41) is 8.88. The molecule has 0 saturated carbocycles. The summed E-state index contributed by atoms with van der Waals surface area (Å²) in [6.45, 7) is 12.1. The first-order valence-corrected chi connectivity index (χ1v) is 7.63. The Morgan fingerprint density at radius 3 is 2.43 bits per heavy atom. The highest BCUT2D eigenvalue weighted by atomic mass is 16.4. The third-order valence-electron chi connectivity index (χ3n) is 4.03. The SMILES string of the molecule is CCN(C(=O)N1CC=C(C(C)(C)C)CC1)C(C)CC(=O)O. The van der Waals surface area contributed by atoms with E-state index in [1.54, 1.807) is 16.7 Å². The number of hydrogen-bond donors (Lipinski definition) is 1. The predicted octanol–water partition coefficient (Wildman–Crippen LogP) is 2.97.